The molecule has 0 aliphatic rings. The Bertz CT molecular complexity index is 3530. The van der Waals surface area contributed by atoms with Gasteiger partial charge in [0.1, 0.15) is 12.0 Å². The molecule has 0 atom stereocenters. The molecule has 0 aliphatic carbocycles. The Morgan fingerprint density at radius 2 is 0.815 bits per heavy atom. The van der Waals surface area contributed by atoms with Gasteiger partial charge < -0.3 is 9.99 Å². The van der Waals surface area contributed by atoms with E-state index < -0.39 is 53.6 Å². The van der Waals surface area contributed by atoms with E-state index in [1.807, 2.05) is 0 Å². The van der Waals surface area contributed by atoms with Gasteiger partial charge in [-0.1, -0.05) is 269 Å². The van der Waals surface area contributed by atoms with E-state index in [9.17, 15) is 30.7 Å². The molecule has 0 radical (unpaired) electrons. The van der Waals surface area contributed by atoms with Gasteiger partial charge in [0.05, 0.1) is 17.5 Å². The molecule has 0 bridgehead atoms. The first kappa shape index (κ1) is 75.7. The lowest BCUT2D eigenvalue weighted by Gasteiger charge is -2.26. The van der Waals surface area contributed by atoms with Gasteiger partial charge >= 0.3 is 17.4 Å². The Morgan fingerprint density at radius 1 is 0.424 bits per heavy atom. The Morgan fingerprint density at radius 3 is 1.24 bits per heavy atom. The van der Waals surface area contributed by atoms with Crippen LogP contribution in [-0.2, 0) is 50.9 Å². The molecular weight excluding hydrogens is 1260 g/mol. The second-order valence-electron chi connectivity index (χ2n) is 28.5. The molecule has 0 fully saturated rings. The molecule has 9 rings (SSSR count). The average molecular weight is 1350 g/mol. The molecule has 16 heteroatoms. The number of benzene rings is 9. The molecule has 0 saturated heterocycles. The third-order valence-corrected chi connectivity index (χ3v) is 24.3. The van der Waals surface area contributed by atoms with Crippen molar-refractivity contribution in [3.05, 3.63) is 210 Å². The smallest absolute Gasteiger partial charge is 0.461 e. The summed E-state index contributed by atoms with van der Waals surface area (Å²) in [4.78, 5) is 4.16. The lowest BCUT2D eigenvalue weighted by Crippen LogP contribution is -2.50. The zero-order valence-corrected chi connectivity index (χ0v) is 60.5. The van der Waals surface area contributed by atoms with Crippen LogP contribution in [0, 0.1) is 5.41 Å². The van der Waals surface area contributed by atoms with E-state index in [1.54, 1.807) is 11.1 Å². The molecule has 0 N–H and O–H groups in total. The van der Waals surface area contributed by atoms with Crippen LogP contribution in [0.25, 0.3) is 43.1 Å². The summed E-state index contributed by atoms with van der Waals surface area (Å²) in [5.74, 6) is -6.33. The average Bonchev–Trinajstić information content (AvgIpc) is 0.778. The lowest BCUT2D eigenvalue weighted by molar-refractivity contribution is -0.777. The molecule has 0 saturated carbocycles. The highest BCUT2D eigenvalue weighted by Crippen LogP contribution is 2.52. The van der Waals surface area contributed by atoms with Crippen molar-refractivity contribution >= 4 is 90.2 Å². The second-order valence-corrected chi connectivity index (χ2v) is 48.2. The van der Waals surface area contributed by atoms with E-state index in [0.717, 1.165) is 13.0 Å². The van der Waals surface area contributed by atoms with Gasteiger partial charge in [-0.3, -0.25) is 5.04 Å². The number of rotatable bonds is 25. The maximum absolute atomic E-state index is 12.0. The topological polar surface area (TPSA) is 50.8 Å². The van der Waals surface area contributed by atoms with Crippen LogP contribution in [0.1, 0.15) is 81.5 Å². The first-order valence-electron chi connectivity index (χ1n) is 32.1. The van der Waals surface area contributed by atoms with Gasteiger partial charge in [0.15, 0.2) is 14.7 Å². The van der Waals surface area contributed by atoms with Crippen LogP contribution in [0.4, 0.5) is 30.7 Å². The SMILES string of the molecule is CC(C)(C)CCc1c2ccccc2c(CCC[Si](C)(C)C)c2ccccc12.C[Si](C)(C)CCCCCOCc1c2ccccc2cc2ccccc12.C[Si](C)(C)CCCc1ccc([S+](c2ccccc2)c2ccccc2)cc1.[O-]OOSC(F)(F)C(F)(F)C(F)(F)F. The lowest BCUT2D eigenvalue weighted by atomic mass is 9.84. The highest BCUT2D eigenvalue weighted by molar-refractivity contribution is 7.97. The molecule has 4 nitrogen and oxygen atoms in total. The summed E-state index contributed by atoms with van der Waals surface area (Å²) in [6, 6.07) is 73.2. The van der Waals surface area contributed by atoms with E-state index in [0.29, 0.717) is 12.0 Å². The number of halogens is 7. The standard InChI is InChI=1S/C26H36Si.C24H29SSi.C23H30OSi.C3HF7O3S/c1-26(2,3)18-17-25-22-14-9-7-12-20(22)24(16-11-19-27(4,5)6)21-13-8-10-15-23(21)25;1-26(2,3)20-10-11-21-16-18-24(19-17-21)25(22-12-6-4-7-13-22)23-14-8-5-9-15-23;1-25(2,3)16-10-4-9-15-24-18-23-21-13-7-5-11-19(21)17-20-12-6-8-14-22(20)23;4-1(5,2(6,7)8)3(9,10)14-13-12-11/h7-10,12-15H,11,16-19H2,1-6H3;4-9,12-19H,10-11,20H2,1-3H3;5-8,11-14,17H,4,9-10,15-16,18H2,1-3H3;11H/q;+1;;/p-1. The summed E-state index contributed by atoms with van der Waals surface area (Å²) in [5, 5.41) is 16.7. The van der Waals surface area contributed by atoms with Crippen LogP contribution in [-0.4, -0.2) is 48.2 Å². The summed E-state index contributed by atoms with van der Waals surface area (Å²) in [6.45, 7) is 30.8. The van der Waals surface area contributed by atoms with Crippen molar-refractivity contribution < 1.29 is 50.1 Å². The largest absolute Gasteiger partial charge is 0.691 e. The number of ether oxygens (including phenoxy) is 1. The second kappa shape index (κ2) is 34.4. The number of alkyl halides is 7. The van der Waals surface area contributed by atoms with Gasteiger partial charge in [-0.05, 0) is 145 Å². The third kappa shape index (κ3) is 23.6. The normalized spacial score (nSPS) is 12.6. The first-order valence-corrected chi connectivity index (χ1v) is 45.2. The zero-order valence-electron chi connectivity index (χ0n) is 55.9. The van der Waals surface area contributed by atoms with E-state index >= 15 is 0 Å². The van der Waals surface area contributed by atoms with Crippen LogP contribution in [0.15, 0.2) is 203 Å². The highest BCUT2D eigenvalue weighted by Gasteiger charge is 2.74. The molecule has 92 heavy (non-hydrogen) atoms. The fourth-order valence-corrected chi connectivity index (χ4v) is 17.2. The van der Waals surface area contributed by atoms with Gasteiger partial charge in [0.2, 0.25) is 0 Å². The fraction of sp³-hybridized carbons (Fsp3) is 0.395. The fourth-order valence-electron chi connectivity index (χ4n) is 11.0. The molecule has 0 spiro atoms. The van der Waals surface area contributed by atoms with Gasteiger partial charge in [0, 0.05) is 30.8 Å². The summed E-state index contributed by atoms with van der Waals surface area (Å²) in [7, 11) is -2.83. The van der Waals surface area contributed by atoms with E-state index in [4.69, 9.17) is 9.99 Å². The summed E-state index contributed by atoms with van der Waals surface area (Å²) < 4.78 is 90.7. The summed E-state index contributed by atoms with van der Waals surface area (Å²) in [6.07, 6.45) is 4.76. The molecule has 0 aromatic heterocycles. The Kier molecular flexibility index (Phi) is 28.3. The quantitative estimate of drug-likeness (QED) is 0.00834. The van der Waals surface area contributed by atoms with Crippen molar-refractivity contribution in [1.82, 2.24) is 0 Å². The highest BCUT2D eigenvalue weighted by atomic mass is 32.2. The number of hydrogen-bond donors (Lipinski definition) is 0. The molecule has 9 aromatic rings. The van der Waals surface area contributed by atoms with Crippen molar-refractivity contribution in [2.75, 3.05) is 6.61 Å². The van der Waals surface area contributed by atoms with Gasteiger partial charge in [-0.25, -0.2) is 0 Å². The molecular formula is C76H95F7O4S2Si3. The number of fused-ring (bicyclic) bond motifs is 4. The predicted molar refractivity (Wildman–Crippen MR) is 382 cm³/mol. The Labute approximate surface area is 553 Å². The molecule has 496 valence electrons. The number of hydrogen-bond acceptors (Lipinski definition) is 5. The van der Waals surface area contributed by atoms with Gasteiger partial charge in [0.25, 0.3) is 0 Å². The third-order valence-electron chi connectivity index (χ3n) is 15.9. The van der Waals surface area contributed by atoms with Gasteiger partial charge in [-0.15, -0.1) is 0 Å². The Hall–Kier alpha value is -5.28. The molecule has 0 heterocycles. The minimum atomic E-state index is -6.46. The number of unbranched alkanes of at least 4 members (excludes halogenated alkanes) is 2. The van der Waals surface area contributed by atoms with Crippen LogP contribution in [0.2, 0.25) is 77.1 Å². The maximum atomic E-state index is 12.0. The minimum absolute atomic E-state index is 0.0358. The van der Waals surface area contributed by atoms with Crippen molar-refractivity contribution in [3.8, 4) is 0 Å². The van der Waals surface area contributed by atoms with Crippen LogP contribution < -0.4 is 5.26 Å². The Balaban J connectivity index is 0.000000200. The van der Waals surface area contributed by atoms with Crippen LogP contribution >= 0.6 is 12.0 Å². The monoisotopic (exact) mass is 1350 g/mol. The van der Waals surface area contributed by atoms with Crippen LogP contribution in [0.3, 0.4) is 0 Å². The predicted octanol–water partition coefficient (Wildman–Crippen LogP) is 24.0. The van der Waals surface area contributed by atoms with Crippen LogP contribution in [0.5, 0.6) is 0 Å². The molecule has 9 aromatic carbocycles. The van der Waals surface area contributed by atoms with E-state index in [2.05, 4.69) is 277 Å². The molecule has 0 amide bonds. The first-order chi connectivity index (χ1) is 43.3. The minimum Gasteiger partial charge on any atom is -0.691 e. The number of aryl methyl sites for hydroxylation is 3. The molecule has 0 aliphatic heterocycles. The van der Waals surface area contributed by atoms with E-state index in [-0.39, 0.29) is 10.9 Å². The maximum Gasteiger partial charge on any atom is 0.461 e. The summed E-state index contributed by atoms with van der Waals surface area (Å²) in [5.41, 5.74) is 6.27. The van der Waals surface area contributed by atoms with Gasteiger partial charge in [-0.2, -0.15) is 35.1 Å². The van der Waals surface area contributed by atoms with Crippen molar-refractivity contribution in [2.24, 2.45) is 5.41 Å². The zero-order chi connectivity index (χ0) is 67.4. The van der Waals surface area contributed by atoms with Crippen molar-refractivity contribution in [1.29, 1.82) is 0 Å². The van der Waals surface area contributed by atoms with Crippen molar-refractivity contribution in [3.63, 3.8) is 0 Å². The molecule has 0 unspecified atom stereocenters. The van der Waals surface area contributed by atoms with Crippen molar-refractivity contribution in [2.45, 2.75) is 194 Å². The summed E-state index contributed by atoms with van der Waals surface area (Å²) >= 11 is -1.73. The van der Waals surface area contributed by atoms with E-state index in [1.165, 1.54) is 138 Å².